The van der Waals surface area contributed by atoms with Crippen molar-refractivity contribution in [3.63, 3.8) is 0 Å². The number of nitrogens with one attached hydrogen (secondary N) is 2. The number of hydrogen-bond donors (Lipinski definition) is 4. The van der Waals surface area contributed by atoms with Crippen LogP contribution < -0.4 is 10.6 Å². The molecule has 0 spiro atoms. The molecule has 2 heterocycles. The second kappa shape index (κ2) is 7.06. The molecule has 2 aliphatic heterocycles. The molecule has 4 atom stereocenters. The zero-order valence-corrected chi connectivity index (χ0v) is 12.1. The van der Waals surface area contributed by atoms with Gasteiger partial charge in [-0.05, 0) is 26.3 Å². The highest BCUT2D eigenvalue weighted by Crippen LogP contribution is 2.22. The van der Waals surface area contributed by atoms with Gasteiger partial charge in [-0.15, -0.1) is 0 Å². The molecule has 8 heteroatoms. The molecule has 0 bridgehead atoms. The van der Waals surface area contributed by atoms with Crippen molar-refractivity contribution in [3.05, 3.63) is 0 Å². The van der Waals surface area contributed by atoms with Crippen molar-refractivity contribution in [2.24, 2.45) is 0 Å². The Labute approximate surface area is 123 Å². The van der Waals surface area contributed by atoms with E-state index in [1.165, 1.54) is 13.3 Å². The van der Waals surface area contributed by atoms with Crippen LogP contribution in [-0.4, -0.2) is 77.6 Å². The molecule has 0 saturated carbocycles. The average molecular weight is 301 g/mol. The van der Waals surface area contributed by atoms with Crippen LogP contribution in [-0.2, 0) is 9.53 Å². The topological polar surface area (TPSA) is 111 Å². The fourth-order valence-electron chi connectivity index (χ4n) is 2.80. The monoisotopic (exact) mass is 301 g/mol. The molecule has 2 fully saturated rings. The molecule has 0 aromatic carbocycles. The Bertz CT molecular complexity index is 390. The van der Waals surface area contributed by atoms with Crippen LogP contribution in [0.1, 0.15) is 19.8 Å². The van der Waals surface area contributed by atoms with Gasteiger partial charge in [-0.3, -0.25) is 4.90 Å². The van der Waals surface area contributed by atoms with E-state index >= 15 is 0 Å². The van der Waals surface area contributed by atoms with Gasteiger partial charge < -0.3 is 25.6 Å². The van der Waals surface area contributed by atoms with E-state index in [4.69, 9.17) is 9.84 Å². The minimum Gasteiger partial charge on any atom is -0.480 e. The van der Waals surface area contributed by atoms with Gasteiger partial charge in [0.1, 0.15) is 0 Å². The molecule has 21 heavy (non-hydrogen) atoms. The summed E-state index contributed by atoms with van der Waals surface area (Å²) in [6.07, 6.45) is 1.10. The van der Waals surface area contributed by atoms with Crippen LogP contribution in [0.4, 0.5) is 4.79 Å². The molecule has 4 N–H and O–H groups in total. The first-order chi connectivity index (χ1) is 9.97. The fraction of sp³-hybridized carbons (Fsp3) is 0.846. The molecule has 8 nitrogen and oxygen atoms in total. The standard InChI is InChI=1S/C13H23N3O5/c1-8(17)11(12(18)19)15-13(20)14-5-10-6-16-4-2-3-9(16)7-21-10/h8-11,17H,2-7H2,1H3,(H,18,19)(H2,14,15,20)/t8-,9?,10?,11+/m1/s1. The second-order valence-electron chi connectivity index (χ2n) is 5.66. The summed E-state index contributed by atoms with van der Waals surface area (Å²) in [5.74, 6) is -1.27. The number of fused-ring (bicyclic) bond motifs is 1. The number of amides is 2. The SMILES string of the molecule is C[C@@H](O)[C@H](NC(=O)NCC1CN2CCCC2CO1)C(=O)O. The number of morpholine rings is 1. The third-order valence-corrected chi connectivity index (χ3v) is 3.99. The summed E-state index contributed by atoms with van der Waals surface area (Å²) in [5, 5.41) is 23.0. The number of ether oxygens (including phenoxy) is 1. The Hall–Kier alpha value is -1.38. The van der Waals surface area contributed by atoms with Gasteiger partial charge in [0.15, 0.2) is 6.04 Å². The Morgan fingerprint density at radius 3 is 2.90 bits per heavy atom. The minimum atomic E-state index is -1.32. The normalized spacial score (nSPS) is 28.5. The van der Waals surface area contributed by atoms with Crippen LogP contribution in [0, 0.1) is 0 Å². The Morgan fingerprint density at radius 2 is 2.24 bits per heavy atom. The molecule has 2 rings (SSSR count). The van der Waals surface area contributed by atoms with Crippen LogP contribution >= 0.6 is 0 Å². The molecule has 0 aromatic heterocycles. The van der Waals surface area contributed by atoms with Crippen molar-refractivity contribution in [1.29, 1.82) is 0 Å². The van der Waals surface area contributed by atoms with Crippen LogP contribution in [0.3, 0.4) is 0 Å². The van der Waals surface area contributed by atoms with Crippen molar-refractivity contribution in [3.8, 4) is 0 Å². The third-order valence-electron chi connectivity index (χ3n) is 3.99. The van der Waals surface area contributed by atoms with E-state index in [0.29, 0.717) is 19.2 Å². The van der Waals surface area contributed by atoms with Gasteiger partial charge in [0, 0.05) is 19.1 Å². The Balaban J connectivity index is 1.72. The molecular weight excluding hydrogens is 278 g/mol. The summed E-state index contributed by atoms with van der Waals surface area (Å²) in [7, 11) is 0. The lowest BCUT2D eigenvalue weighted by Gasteiger charge is -2.35. The highest BCUT2D eigenvalue weighted by atomic mass is 16.5. The summed E-state index contributed by atoms with van der Waals surface area (Å²) in [6.45, 7) is 4.17. The molecule has 0 aromatic rings. The summed E-state index contributed by atoms with van der Waals surface area (Å²) in [6, 6.07) is -1.43. The second-order valence-corrected chi connectivity index (χ2v) is 5.66. The Morgan fingerprint density at radius 1 is 1.48 bits per heavy atom. The first-order valence-electron chi connectivity index (χ1n) is 7.28. The number of nitrogens with zero attached hydrogens (tertiary/aromatic N) is 1. The van der Waals surface area contributed by atoms with Crippen molar-refractivity contribution in [1.82, 2.24) is 15.5 Å². The molecule has 2 amide bonds. The smallest absolute Gasteiger partial charge is 0.328 e. The minimum absolute atomic E-state index is 0.0834. The van der Waals surface area contributed by atoms with Crippen molar-refractivity contribution >= 4 is 12.0 Å². The number of carbonyl (C=O) groups is 2. The number of aliphatic carboxylic acids is 1. The van der Waals surface area contributed by atoms with E-state index in [0.717, 1.165) is 19.5 Å². The quantitative estimate of drug-likeness (QED) is 0.517. The van der Waals surface area contributed by atoms with Crippen molar-refractivity contribution in [2.75, 3.05) is 26.2 Å². The fourth-order valence-corrected chi connectivity index (χ4v) is 2.80. The first-order valence-corrected chi connectivity index (χ1v) is 7.28. The van der Waals surface area contributed by atoms with E-state index in [-0.39, 0.29) is 6.10 Å². The Kier molecular flexibility index (Phi) is 5.38. The van der Waals surface area contributed by atoms with E-state index < -0.39 is 24.1 Å². The van der Waals surface area contributed by atoms with E-state index in [1.54, 1.807) is 0 Å². The van der Waals surface area contributed by atoms with Crippen LogP contribution in [0.5, 0.6) is 0 Å². The van der Waals surface area contributed by atoms with Crippen LogP contribution in [0.2, 0.25) is 0 Å². The highest BCUT2D eigenvalue weighted by molar-refractivity contribution is 5.82. The van der Waals surface area contributed by atoms with E-state index in [1.807, 2.05) is 0 Å². The predicted molar refractivity (Wildman–Crippen MR) is 74.0 cm³/mol. The molecule has 2 aliphatic rings. The van der Waals surface area contributed by atoms with E-state index in [9.17, 15) is 14.7 Å². The number of aliphatic hydroxyl groups is 1. The zero-order chi connectivity index (χ0) is 15.4. The maximum atomic E-state index is 11.7. The molecule has 0 radical (unpaired) electrons. The number of urea groups is 1. The lowest BCUT2D eigenvalue weighted by Crippen LogP contribution is -2.54. The van der Waals surface area contributed by atoms with Crippen LogP contribution in [0.25, 0.3) is 0 Å². The number of carbonyl (C=O) groups excluding carboxylic acids is 1. The van der Waals surface area contributed by atoms with Gasteiger partial charge in [-0.25, -0.2) is 9.59 Å². The third kappa shape index (κ3) is 4.29. The molecule has 2 unspecified atom stereocenters. The lowest BCUT2D eigenvalue weighted by molar-refractivity contribution is -0.141. The summed E-state index contributed by atoms with van der Waals surface area (Å²) in [4.78, 5) is 24.9. The lowest BCUT2D eigenvalue weighted by atomic mass is 10.2. The number of aliphatic hydroxyl groups excluding tert-OH is 1. The molecule has 0 aliphatic carbocycles. The maximum Gasteiger partial charge on any atom is 0.328 e. The maximum absolute atomic E-state index is 11.7. The molecule has 120 valence electrons. The zero-order valence-electron chi connectivity index (χ0n) is 12.1. The molecule has 2 saturated heterocycles. The summed E-state index contributed by atoms with van der Waals surface area (Å²) < 4.78 is 5.69. The van der Waals surface area contributed by atoms with Crippen molar-refractivity contribution < 1.29 is 24.5 Å². The summed E-state index contributed by atoms with van der Waals surface area (Å²) in [5.41, 5.74) is 0. The van der Waals surface area contributed by atoms with Crippen molar-refractivity contribution in [2.45, 2.75) is 44.1 Å². The van der Waals surface area contributed by atoms with Gasteiger partial charge in [0.25, 0.3) is 0 Å². The van der Waals surface area contributed by atoms with E-state index in [2.05, 4.69) is 15.5 Å². The predicted octanol–water partition coefficient (Wildman–Crippen LogP) is -1.02. The average Bonchev–Trinajstić information content (AvgIpc) is 2.89. The largest absolute Gasteiger partial charge is 0.480 e. The van der Waals surface area contributed by atoms with Crippen LogP contribution in [0.15, 0.2) is 0 Å². The first kappa shape index (κ1) is 16.0. The highest BCUT2D eigenvalue weighted by Gasteiger charge is 2.32. The van der Waals surface area contributed by atoms with Gasteiger partial charge in [-0.1, -0.05) is 0 Å². The number of rotatable bonds is 5. The number of hydrogen-bond acceptors (Lipinski definition) is 5. The number of carboxylic acids is 1. The number of carboxylic acid groups (broad SMARTS) is 1. The van der Waals surface area contributed by atoms with Gasteiger partial charge in [-0.2, -0.15) is 0 Å². The van der Waals surface area contributed by atoms with Gasteiger partial charge in [0.2, 0.25) is 0 Å². The summed E-state index contributed by atoms with van der Waals surface area (Å²) >= 11 is 0. The molecular formula is C13H23N3O5. The van der Waals surface area contributed by atoms with Gasteiger partial charge >= 0.3 is 12.0 Å². The van der Waals surface area contributed by atoms with Gasteiger partial charge in [0.05, 0.1) is 18.8 Å².